The second kappa shape index (κ2) is 5.57. The number of hydrogen-bond acceptors (Lipinski definition) is 3. The fourth-order valence-corrected chi connectivity index (χ4v) is 2.38. The maximum absolute atomic E-state index is 11.7. The van der Waals surface area contributed by atoms with Crippen LogP contribution in [0.3, 0.4) is 0 Å². The van der Waals surface area contributed by atoms with E-state index in [9.17, 15) is 8.42 Å². The molecule has 0 bridgehead atoms. The summed E-state index contributed by atoms with van der Waals surface area (Å²) >= 11 is 0. The second-order valence-electron chi connectivity index (χ2n) is 4.83. The molecule has 100 valence electrons. The summed E-state index contributed by atoms with van der Waals surface area (Å²) in [6, 6.07) is 7.25. The highest BCUT2D eigenvalue weighted by Crippen LogP contribution is 2.34. The molecule has 0 radical (unpaired) electrons. The Bertz CT molecular complexity index is 516. The molecule has 0 spiro atoms. The topological polar surface area (TPSA) is 43.4 Å². The molecule has 0 aliphatic heterocycles. The Morgan fingerprint density at radius 2 is 1.94 bits per heavy atom. The summed E-state index contributed by atoms with van der Waals surface area (Å²) in [6.45, 7) is 9.61. The molecular formula is C14H20O3S. The van der Waals surface area contributed by atoms with E-state index in [4.69, 9.17) is 4.18 Å². The Balaban J connectivity index is 3.15. The maximum Gasteiger partial charge on any atom is 0.312 e. The van der Waals surface area contributed by atoms with Crippen LogP contribution in [0.1, 0.15) is 32.8 Å². The number of benzene rings is 1. The molecule has 0 saturated heterocycles. The Morgan fingerprint density at radius 1 is 1.33 bits per heavy atom. The quantitative estimate of drug-likeness (QED) is 0.587. The highest BCUT2D eigenvalue weighted by Gasteiger charge is 2.24. The van der Waals surface area contributed by atoms with Crippen molar-refractivity contribution in [1.29, 1.82) is 0 Å². The van der Waals surface area contributed by atoms with Crippen LogP contribution >= 0.6 is 0 Å². The Kier molecular flexibility index (Phi) is 4.57. The minimum Gasteiger partial charge on any atom is -0.382 e. The second-order valence-corrected chi connectivity index (χ2v) is 6.45. The van der Waals surface area contributed by atoms with Gasteiger partial charge in [0.1, 0.15) is 11.5 Å². The number of para-hydroxylation sites is 1. The third-order valence-electron chi connectivity index (χ3n) is 3.04. The van der Waals surface area contributed by atoms with Gasteiger partial charge in [0.05, 0.1) is 0 Å². The molecule has 1 aromatic carbocycles. The molecule has 0 atom stereocenters. The molecule has 0 saturated carbocycles. The van der Waals surface area contributed by atoms with Crippen LogP contribution in [0.15, 0.2) is 36.9 Å². The molecule has 1 aromatic rings. The van der Waals surface area contributed by atoms with E-state index in [0.29, 0.717) is 5.75 Å². The van der Waals surface area contributed by atoms with E-state index in [0.717, 1.165) is 12.0 Å². The third kappa shape index (κ3) is 3.60. The van der Waals surface area contributed by atoms with E-state index in [2.05, 4.69) is 27.4 Å². The maximum atomic E-state index is 11.7. The van der Waals surface area contributed by atoms with Gasteiger partial charge in [-0.15, -0.1) is 6.58 Å². The molecule has 0 fully saturated rings. The van der Waals surface area contributed by atoms with Crippen LogP contribution in [0.4, 0.5) is 0 Å². The monoisotopic (exact) mass is 268 g/mol. The first kappa shape index (κ1) is 14.8. The van der Waals surface area contributed by atoms with Crippen LogP contribution < -0.4 is 4.18 Å². The molecule has 0 aromatic heterocycles. The van der Waals surface area contributed by atoms with Crippen molar-refractivity contribution in [2.24, 2.45) is 0 Å². The SMILES string of the molecule is C=CCS(=O)(=O)Oc1ccccc1C(C)(C)CC. The van der Waals surface area contributed by atoms with Crippen molar-refractivity contribution < 1.29 is 12.6 Å². The van der Waals surface area contributed by atoms with E-state index >= 15 is 0 Å². The fraction of sp³-hybridized carbons (Fsp3) is 0.429. The standard InChI is InChI=1S/C14H20O3S/c1-5-11-18(15,16)17-13-10-8-7-9-12(13)14(3,4)6-2/h5,7-10H,1,6,11H2,2-4H3. The molecule has 4 heteroatoms. The Hall–Kier alpha value is -1.29. The zero-order valence-corrected chi connectivity index (χ0v) is 12.0. The van der Waals surface area contributed by atoms with E-state index in [1.165, 1.54) is 6.08 Å². The van der Waals surface area contributed by atoms with Gasteiger partial charge in [0.25, 0.3) is 0 Å². The summed E-state index contributed by atoms with van der Waals surface area (Å²) in [5.74, 6) is 0.222. The highest BCUT2D eigenvalue weighted by molar-refractivity contribution is 7.87. The van der Waals surface area contributed by atoms with E-state index < -0.39 is 10.1 Å². The van der Waals surface area contributed by atoms with Gasteiger partial charge < -0.3 is 4.18 Å². The lowest BCUT2D eigenvalue weighted by molar-refractivity contribution is 0.455. The first-order chi connectivity index (χ1) is 8.32. The van der Waals surface area contributed by atoms with Gasteiger partial charge in [-0.2, -0.15) is 8.42 Å². The minimum absolute atomic E-state index is 0.125. The first-order valence-corrected chi connectivity index (χ1v) is 7.52. The van der Waals surface area contributed by atoms with Gasteiger partial charge in [0, 0.05) is 5.56 Å². The predicted octanol–water partition coefficient (Wildman–Crippen LogP) is 3.27. The molecule has 0 aliphatic rings. The van der Waals surface area contributed by atoms with Crippen LogP contribution in [-0.4, -0.2) is 14.2 Å². The van der Waals surface area contributed by atoms with Crippen molar-refractivity contribution >= 4 is 10.1 Å². The van der Waals surface area contributed by atoms with Crippen LogP contribution in [0, 0.1) is 0 Å². The lowest BCUT2D eigenvalue weighted by Gasteiger charge is -2.25. The van der Waals surface area contributed by atoms with E-state index in [1.54, 1.807) is 12.1 Å². The molecule has 18 heavy (non-hydrogen) atoms. The lowest BCUT2D eigenvalue weighted by Crippen LogP contribution is -2.19. The number of hydrogen-bond donors (Lipinski definition) is 0. The third-order valence-corrected chi connectivity index (χ3v) is 4.12. The molecule has 0 heterocycles. The Morgan fingerprint density at radius 3 is 2.50 bits per heavy atom. The van der Waals surface area contributed by atoms with Crippen LogP contribution in [0.25, 0.3) is 0 Å². The molecule has 1 rings (SSSR count). The summed E-state index contributed by atoms with van der Waals surface area (Å²) < 4.78 is 28.5. The van der Waals surface area contributed by atoms with Crippen molar-refractivity contribution in [1.82, 2.24) is 0 Å². The largest absolute Gasteiger partial charge is 0.382 e. The molecule has 0 amide bonds. The van der Waals surface area contributed by atoms with Gasteiger partial charge in [-0.1, -0.05) is 45.0 Å². The van der Waals surface area contributed by atoms with Crippen molar-refractivity contribution in [3.63, 3.8) is 0 Å². The minimum atomic E-state index is -3.59. The van der Waals surface area contributed by atoms with E-state index in [1.807, 2.05) is 12.1 Å². The molecule has 0 aliphatic carbocycles. The first-order valence-electron chi connectivity index (χ1n) is 5.95. The van der Waals surface area contributed by atoms with Crippen molar-refractivity contribution in [3.05, 3.63) is 42.5 Å². The summed E-state index contributed by atoms with van der Waals surface area (Å²) in [5.41, 5.74) is 0.778. The summed E-state index contributed by atoms with van der Waals surface area (Å²) in [4.78, 5) is 0. The average Bonchev–Trinajstić information content (AvgIpc) is 2.28. The number of rotatable bonds is 6. The highest BCUT2D eigenvalue weighted by atomic mass is 32.2. The molecule has 3 nitrogen and oxygen atoms in total. The molecule has 0 N–H and O–H groups in total. The predicted molar refractivity (Wildman–Crippen MR) is 74.4 cm³/mol. The zero-order valence-electron chi connectivity index (χ0n) is 11.1. The van der Waals surface area contributed by atoms with Gasteiger partial charge >= 0.3 is 10.1 Å². The van der Waals surface area contributed by atoms with Gasteiger partial charge in [0.2, 0.25) is 0 Å². The average molecular weight is 268 g/mol. The van der Waals surface area contributed by atoms with Crippen LogP contribution in [-0.2, 0) is 15.5 Å². The summed E-state index contributed by atoms with van der Waals surface area (Å²) in [6.07, 6.45) is 2.22. The van der Waals surface area contributed by atoms with Crippen molar-refractivity contribution in [3.8, 4) is 5.75 Å². The fourth-order valence-electron chi connectivity index (χ4n) is 1.60. The van der Waals surface area contributed by atoms with Gasteiger partial charge in [-0.3, -0.25) is 0 Å². The van der Waals surface area contributed by atoms with Crippen LogP contribution in [0.5, 0.6) is 5.75 Å². The Labute approximate surface area is 110 Å². The van der Waals surface area contributed by atoms with Crippen molar-refractivity contribution in [2.45, 2.75) is 32.6 Å². The van der Waals surface area contributed by atoms with Gasteiger partial charge in [-0.25, -0.2) is 0 Å². The van der Waals surface area contributed by atoms with E-state index in [-0.39, 0.29) is 11.2 Å². The zero-order chi connectivity index (χ0) is 13.8. The smallest absolute Gasteiger partial charge is 0.312 e. The summed E-state index contributed by atoms with van der Waals surface area (Å²) in [7, 11) is -3.59. The molecule has 0 unspecified atom stereocenters. The van der Waals surface area contributed by atoms with Crippen molar-refractivity contribution in [2.75, 3.05) is 5.75 Å². The molecular weight excluding hydrogens is 248 g/mol. The van der Waals surface area contributed by atoms with Crippen LogP contribution in [0.2, 0.25) is 0 Å². The normalized spacial score (nSPS) is 12.2. The van der Waals surface area contributed by atoms with Gasteiger partial charge in [0.15, 0.2) is 0 Å². The van der Waals surface area contributed by atoms with Gasteiger partial charge in [-0.05, 0) is 17.9 Å². The summed E-state index contributed by atoms with van der Waals surface area (Å²) in [5, 5.41) is 0. The lowest BCUT2D eigenvalue weighted by atomic mass is 9.82.